The third kappa shape index (κ3) is 2.20. The Morgan fingerprint density at radius 2 is 1.94 bits per heavy atom. The fourth-order valence-corrected chi connectivity index (χ4v) is 2.44. The zero-order valence-corrected chi connectivity index (χ0v) is 11.6. The van der Waals surface area contributed by atoms with E-state index in [1.54, 1.807) is 6.07 Å². The minimum absolute atomic E-state index is 0.592. The topological polar surface area (TPSA) is 24.9 Å². The van der Waals surface area contributed by atoms with Gasteiger partial charge in [-0.3, -0.25) is 4.98 Å². The average Bonchev–Trinajstić information content (AvgIpc) is 2.26. The number of benzene rings is 1. The van der Waals surface area contributed by atoms with Gasteiger partial charge in [-0.1, -0.05) is 23.2 Å². The Labute approximate surface area is 111 Å². The normalized spacial score (nSPS) is 10.9. The molecule has 1 heterocycles. The molecular formula is C13H14Cl2N2. The smallest absolute Gasteiger partial charge is 0.0913 e. The van der Waals surface area contributed by atoms with Gasteiger partial charge < -0.3 is 5.32 Å². The third-order valence-electron chi connectivity index (χ3n) is 2.85. The summed E-state index contributed by atoms with van der Waals surface area (Å²) in [6, 6.07) is 3.63. The maximum Gasteiger partial charge on any atom is 0.0913 e. The van der Waals surface area contributed by atoms with Crippen molar-refractivity contribution >= 4 is 39.8 Å². The van der Waals surface area contributed by atoms with Crippen molar-refractivity contribution in [1.82, 2.24) is 4.98 Å². The van der Waals surface area contributed by atoms with Gasteiger partial charge in [-0.05, 0) is 38.5 Å². The number of hydrogen-bond acceptors (Lipinski definition) is 2. The second-order valence-corrected chi connectivity index (χ2v) is 4.85. The van der Waals surface area contributed by atoms with Crippen LogP contribution in [-0.2, 0) is 0 Å². The molecule has 4 heteroatoms. The van der Waals surface area contributed by atoms with Crippen LogP contribution in [0.25, 0.3) is 10.9 Å². The van der Waals surface area contributed by atoms with Gasteiger partial charge in [0.05, 0.1) is 10.5 Å². The first-order valence-electron chi connectivity index (χ1n) is 5.54. The molecule has 0 aliphatic rings. The molecule has 0 atom stereocenters. The molecule has 0 spiro atoms. The molecule has 0 bridgehead atoms. The lowest BCUT2D eigenvalue weighted by Crippen LogP contribution is -2.03. The van der Waals surface area contributed by atoms with Crippen molar-refractivity contribution in [3.8, 4) is 0 Å². The minimum Gasteiger partial charge on any atom is -0.385 e. The van der Waals surface area contributed by atoms with Crippen LogP contribution in [0.5, 0.6) is 0 Å². The number of rotatable bonds is 2. The Morgan fingerprint density at radius 1 is 1.24 bits per heavy atom. The van der Waals surface area contributed by atoms with E-state index in [9.17, 15) is 0 Å². The molecule has 0 fully saturated rings. The Bertz CT molecular complexity index is 579. The summed E-state index contributed by atoms with van der Waals surface area (Å²) in [7, 11) is 0. The highest BCUT2D eigenvalue weighted by Crippen LogP contribution is 2.34. The molecule has 17 heavy (non-hydrogen) atoms. The summed E-state index contributed by atoms with van der Waals surface area (Å²) in [5, 5.41) is 5.56. The summed E-state index contributed by atoms with van der Waals surface area (Å²) >= 11 is 12.2. The number of aromatic nitrogens is 1. The lowest BCUT2D eigenvalue weighted by atomic mass is 10.1. The highest BCUT2D eigenvalue weighted by molar-refractivity contribution is 6.38. The molecule has 0 aliphatic carbocycles. The quantitative estimate of drug-likeness (QED) is 0.862. The highest BCUT2D eigenvalue weighted by atomic mass is 35.5. The van der Waals surface area contributed by atoms with Crippen LogP contribution in [0.4, 0.5) is 5.69 Å². The van der Waals surface area contributed by atoms with Crippen LogP contribution in [0.1, 0.15) is 18.2 Å². The zero-order chi connectivity index (χ0) is 12.6. The summed E-state index contributed by atoms with van der Waals surface area (Å²) < 4.78 is 0. The van der Waals surface area contributed by atoms with Crippen LogP contribution in [0.15, 0.2) is 12.1 Å². The van der Waals surface area contributed by atoms with E-state index in [0.29, 0.717) is 10.0 Å². The number of anilines is 1. The second-order valence-electron chi connectivity index (χ2n) is 4.01. The lowest BCUT2D eigenvalue weighted by molar-refractivity contribution is 1.16. The SMILES string of the molecule is CCNc1c(C)c(C)nc2c(Cl)cc(Cl)cc12. The lowest BCUT2D eigenvalue weighted by Gasteiger charge is -2.14. The van der Waals surface area contributed by atoms with Crippen LogP contribution in [0.2, 0.25) is 10.0 Å². The minimum atomic E-state index is 0.592. The number of halogens is 2. The van der Waals surface area contributed by atoms with Crippen molar-refractivity contribution in [1.29, 1.82) is 0 Å². The Balaban J connectivity index is 2.87. The van der Waals surface area contributed by atoms with Crippen molar-refractivity contribution in [2.45, 2.75) is 20.8 Å². The molecule has 1 N–H and O–H groups in total. The molecule has 0 amide bonds. The fraction of sp³-hybridized carbons (Fsp3) is 0.308. The molecule has 0 saturated carbocycles. The van der Waals surface area contributed by atoms with Gasteiger partial charge in [-0.15, -0.1) is 0 Å². The predicted octanol–water partition coefficient (Wildman–Crippen LogP) is 4.59. The Morgan fingerprint density at radius 3 is 2.59 bits per heavy atom. The van der Waals surface area contributed by atoms with Crippen molar-refractivity contribution in [2.24, 2.45) is 0 Å². The van der Waals surface area contributed by atoms with E-state index < -0.39 is 0 Å². The van der Waals surface area contributed by atoms with Crippen molar-refractivity contribution in [3.63, 3.8) is 0 Å². The van der Waals surface area contributed by atoms with Gasteiger partial charge in [-0.2, -0.15) is 0 Å². The summed E-state index contributed by atoms with van der Waals surface area (Å²) in [5.41, 5.74) is 3.99. The largest absolute Gasteiger partial charge is 0.385 e. The molecule has 0 unspecified atom stereocenters. The van der Waals surface area contributed by atoms with E-state index in [1.807, 2.05) is 13.0 Å². The van der Waals surface area contributed by atoms with Gasteiger partial charge >= 0.3 is 0 Å². The first-order chi connectivity index (χ1) is 8.04. The first kappa shape index (κ1) is 12.5. The molecule has 2 aromatic rings. The average molecular weight is 269 g/mol. The van der Waals surface area contributed by atoms with E-state index in [4.69, 9.17) is 23.2 Å². The maximum atomic E-state index is 6.18. The predicted molar refractivity (Wildman–Crippen MR) is 75.4 cm³/mol. The van der Waals surface area contributed by atoms with Crippen LogP contribution in [-0.4, -0.2) is 11.5 Å². The number of aryl methyl sites for hydroxylation is 1. The monoisotopic (exact) mass is 268 g/mol. The number of nitrogens with one attached hydrogen (secondary N) is 1. The molecule has 2 nitrogen and oxygen atoms in total. The molecule has 0 radical (unpaired) electrons. The van der Waals surface area contributed by atoms with E-state index in [2.05, 4.69) is 24.1 Å². The molecule has 0 aliphatic heterocycles. The Hall–Kier alpha value is -0.990. The Kier molecular flexibility index (Phi) is 3.45. The van der Waals surface area contributed by atoms with E-state index >= 15 is 0 Å². The number of pyridine rings is 1. The summed E-state index contributed by atoms with van der Waals surface area (Å²) in [5.74, 6) is 0. The van der Waals surface area contributed by atoms with Crippen LogP contribution in [0, 0.1) is 13.8 Å². The number of nitrogens with zero attached hydrogens (tertiary/aromatic N) is 1. The van der Waals surface area contributed by atoms with E-state index in [-0.39, 0.29) is 0 Å². The molecule has 1 aromatic carbocycles. The fourth-order valence-electron chi connectivity index (χ4n) is 1.91. The standard InChI is InChI=1S/C13H14Cl2N2/c1-4-16-12-7(2)8(3)17-13-10(12)5-9(14)6-11(13)15/h5-6H,4H2,1-3H3,(H,16,17). The van der Waals surface area contributed by atoms with Gasteiger partial charge in [0.25, 0.3) is 0 Å². The third-order valence-corrected chi connectivity index (χ3v) is 3.35. The summed E-state index contributed by atoms with van der Waals surface area (Å²) in [6.07, 6.45) is 0. The zero-order valence-electron chi connectivity index (χ0n) is 10.1. The van der Waals surface area contributed by atoms with E-state index in [0.717, 1.165) is 34.4 Å². The summed E-state index contributed by atoms with van der Waals surface area (Å²) in [6.45, 7) is 6.95. The van der Waals surface area contributed by atoms with Gasteiger partial charge in [0, 0.05) is 28.3 Å². The van der Waals surface area contributed by atoms with E-state index in [1.165, 1.54) is 0 Å². The van der Waals surface area contributed by atoms with Crippen LogP contribution < -0.4 is 5.32 Å². The van der Waals surface area contributed by atoms with Crippen LogP contribution >= 0.6 is 23.2 Å². The van der Waals surface area contributed by atoms with Gasteiger partial charge in [0.2, 0.25) is 0 Å². The number of hydrogen-bond donors (Lipinski definition) is 1. The maximum absolute atomic E-state index is 6.18. The van der Waals surface area contributed by atoms with Crippen LogP contribution in [0.3, 0.4) is 0 Å². The van der Waals surface area contributed by atoms with Gasteiger partial charge in [0.1, 0.15) is 0 Å². The second kappa shape index (κ2) is 4.71. The molecule has 1 aromatic heterocycles. The molecule has 90 valence electrons. The van der Waals surface area contributed by atoms with Crippen molar-refractivity contribution < 1.29 is 0 Å². The van der Waals surface area contributed by atoms with Gasteiger partial charge in [0.15, 0.2) is 0 Å². The van der Waals surface area contributed by atoms with Crippen molar-refractivity contribution in [3.05, 3.63) is 33.4 Å². The van der Waals surface area contributed by atoms with Crippen molar-refractivity contribution in [2.75, 3.05) is 11.9 Å². The highest BCUT2D eigenvalue weighted by Gasteiger charge is 2.12. The molecular weight excluding hydrogens is 255 g/mol. The summed E-state index contributed by atoms with van der Waals surface area (Å²) in [4.78, 5) is 4.53. The molecule has 0 saturated heterocycles. The first-order valence-corrected chi connectivity index (χ1v) is 6.30. The van der Waals surface area contributed by atoms with Gasteiger partial charge in [-0.25, -0.2) is 0 Å². The molecule has 2 rings (SSSR count). The number of fused-ring (bicyclic) bond motifs is 1.